The van der Waals surface area contributed by atoms with Gasteiger partial charge in [-0.3, -0.25) is 0 Å². The standard InChI is InChI=1S/C15H14N2.BrH/c1-11-3-5-13(6-4-11)14-10-17-8-7-12(2)9-15(17)16-14;/h3-10H,1-2H3;1H/p-1. The lowest BCUT2D eigenvalue weighted by Gasteiger charge is -1.96. The molecule has 1 aromatic carbocycles. The van der Waals surface area contributed by atoms with Crippen molar-refractivity contribution >= 4 is 5.65 Å². The Labute approximate surface area is 117 Å². The van der Waals surface area contributed by atoms with Crippen LogP contribution in [0.25, 0.3) is 16.9 Å². The van der Waals surface area contributed by atoms with E-state index in [9.17, 15) is 0 Å². The van der Waals surface area contributed by atoms with Crippen LogP contribution in [-0.4, -0.2) is 9.38 Å². The predicted molar refractivity (Wildman–Crippen MR) is 70.1 cm³/mol. The lowest BCUT2D eigenvalue weighted by atomic mass is 10.1. The molecule has 3 rings (SSSR count). The third-order valence-electron chi connectivity index (χ3n) is 2.96. The number of aromatic nitrogens is 2. The fraction of sp³-hybridized carbons (Fsp3) is 0.133. The molecule has 0 amide bonds. The second-order valence-electron chi connectivity index (χ2n) is 4.46. The maximum Gasteiger partial charge on any atom is 0.137 e. The summed E-state index contributed by atoms with van der Waals surface area (Å²) in [6.07, 6.45) is 4.12. The topological polar surface area (TPSA) is 17.3 Å². The fourth-order valence-electron chi connectivity index (χ4n) is 1.95. The van der Waals surface area contributed by atoms with Crippen LogP contribution in [0.4, 0.5) is 0 Å². The van der Waals surface area contributed by atoms with Crippen LogP contribution in [0.5, 0.6) is 0 Å². The Kier molecular flexibility index (Phi) is 3.53. The Morgan fingerprint density at radius 3 is 2.39 bits per heavy atom. The average molecular weight is 302 g/mol. The summed E-state index contributed by atoms with van der Waals surface area (Å²) in [5.41, 5.74) is 5.69. The number of halogens is 1. The van der Waals surface area contributed by atoms with Gasteiger partial charge in [-0.1, -0.05) is 29.8 Å². The maximum atomic E-state index is 4.64. The first-order valence-corrected chi connectivity index (χ1v) is 5.75. The van der Waals surface area contributed by atoms with Crippen LogP contribution in [0.15, 0.2) is 48.8 Å². The van der Waals surface area contributed by atoms with Gasteiger partial charge in [0, 0.05) is 18.0 Å². The predicted octanol–water partition coefficient (Wildman–Crippen LogP) is 0.622. The van der Waals surface area contributed by atoms with Gasteiger partial charge in [0.25, 0.3) is 0 Å². The minimum atomic E-state index is 0. The van der Waals surface area contributed by atoms with Crippen LogP contribution < -0.4 is 17.0 Å². The summed E-state index contributed by atoms with van der Waals surface area (Å²) in [6.45, 7) is 4.18. The smallest absolute Gasteiger partial charge is 0.137 e. The molecule has 92 valence electrons. The summed E-state index contributed by atoms with van der Waals surface area (Å²) in [4.78, 5) is 4.64. The van der Waals surface area contributed by atoms with Crippen molar-refractivity contribution in [3.05, 3.63) is 59.9 Å². The van der Waals surface area contributed by atoms with Crippen molar-refractivity contribution in [2.75, 3.05) is 0 Å². The number of rotatable bonds is 1. The molecule has 2 heterocycles. The van der Waals surface area contributed by atoms with Gasteiger partial charge in [0.15, 0.2) is 0 Å². The van der Waals surface area contributed by atoms with Crippen molar-refractivity contribution < 1.29 is 17.0 Å². The van der Waals surface area contributed by atoms with Crippen molar-refractivity contribution in [2.24, 2.45) is 0 Å². The van der Waals surface area contributed by atoms with Crippen LogP contribution in [0, 0.1) is 13.8 Å². The summed E-state index contributed by atoms with van der Waals surface area (Å²) < 4.78 is 2.06. The number of hydrogen-bond acceptors (Lipinski definition) is 1. The van der Waals surface area contributed by atoms with Crippen LogP contribution in [0.2, 0.25) is 0 Å². The van der Waals surface area contributed by atoms with Gasteiger partial charge >= 0.3 is 0 Å². The first-order chi connectivity index (χ1) is 8.22. The van der Waals surface area contributed by atoms with Crippen molar-refractivity contribution in [1.82, 2.24) is 9.38 Å². The molecule has 0 aliphatic carbocycles. The Morgan fingerprint density at radius 1 is 0.944 bits per heavy atom. The molecule has 0 aliphatic rings. The van der Waals surface area contributed by atoms with Crippen molar-refractivity contribution in [2.45, 2.75) is 13.8 Å². The molecule has 0 unspecified atom stereocenters. The Hall–Kier alpha value is -1.61. The van der Waals surface area contributed by atoms with E-state index >= 15 is 0 Å². The van der Waals surface area contributed by atoms with E-state index in [1.165, 1.54) is 11.1 Å². The molecule has 0 N–H and O–H groups in total. The molecule has 0 bridgehead atoms. The number of aryl methyl sites for hydroxylation is 2. The first kappa shape index (κ1) is 12.8. The van der Waals surface area contributed by atoms with E-state index < -0.39 is 0 Å². The number of imidazole rings is 1. The maximum absolute atomic E-state index is 4.64. The van der Waals surface area contributed by atoms with Gasteiger partial charge < -0.3 is 21.4 Å². The highest BCUT2D eigenvalue weighted by Crippen LogP contribution is 2.19. The molecule has 0 atom stereocenters. The molecule has 0 fully saturated rings. The van der Waals surface area contributed by atoms with Crippen LogP contribution in [-0.2, 0) is 0 Å². The molecule has 0 aliphatic heterocycles. The van der Waals surface area contributed by atoms with E-state index in [1.807, 2.05) is 0 Å². The first-order valence-electron chi connectivity index (χ1n) is 5.75. The van der Waals surface area contributed by atoms with Gasteiger partial charge in [0.2, 0.25) is 0 Å². The molecular weight excluding hydrogens is 288 g/mol. The molecule has 3 aromatic rings. The van der Waals surface area contributed by atoms with E-state index in [2.05, 4.69) is 72.0 Å². The Bertz CT molecular complexity index is 669. The summed E-state index contributed by atoms with van der Waals surface area (Å²) in [7, 11) is 0. The quantitative estimate of drug-likeness (QED) is 0.644. The van der Waals surface area contributed by atoms with Gasteiger partial charge in [0.05, 0.1) is 5.69 Å². The molecule has 2 nitrogen and oxygen atoms in total. The summed E-state index contributed by atoms with van der Waals surface area (Å²) >= 11 is 0. The summed E-state index contributed by atoms with van der Waals surface area (Å²) in [5, 5.41) is 0. The SMILES string of the molecule is Cc1ccc(-c2cn3ccc(C)cc3n2)cc1.[Br-]. The van der Waals surface area contributed by atoms with E-state index in [0.717, 1.165) is 16.9 Å². The van der Waals surface area contributed by atoms with Crippen LogP contribution >= 0.6 is 0 Å². The van der Waals surface area contributed by atoms with Gasteiger partial charge in [-0.25, -0.2) is 4.98 Å². The lowest BCUT2D eigenvalue weighted by Crippen LogP contribution is -3.00. The molecule has 0 spiro atoms. The third kappa shape index (κ3) is 2.31. The molecule has 0 saturated carbocycles. The fourth-order valence-corrected chi connectivity index (χ4v) is 1.95. The molecule has 18 heavy (non-hydrogen) atoms. The summed E-state index contributed by atoms with van der Waals surface area (Å²) in [6, 6.07) is 12.6. The molecular formula is C15H14BrN2-. The van der Waals surface area contributed by atoms with Crippen molar-refractivity contribution in [3.63, 3.8) is 0 Å². The lowest BCUT2D eigenvalue weighted by molar-refractivity contribution is -0.00000362. The van der Waals surface area contributed by atoms with Gasteiger partial charge in [-0.15, -0.1) is 0 Å². The second kappa shape index (κ2) is 4.94. The van der Waals surface area contributed by atoms with Crippen LogP contribution in [0.1, 0.15) is 11.1 Å². The number of pyridine rings is 1. The van der Waals surface area contributed by atoms with Gasteiger partial charge in [-0.2, -0.15) is 0 Å². The van der Waals surface area contributed by atoms with E-state index in [4.69, 9.17) is 0 Å². The molecule has 3 heteroatoms. The van der Waals surface area contributed by atoms with E-state index in [1.54, 1.807) is 0 Å². The zero-order valence-electron chi connectivity index (χ0n) is 10.4. The number of nitrogens with zero attached hydrogens (tertiary/aromatic N) is 2. The Balaban J connectivity index is 0.00000120. The second-order valence-corrected chi connectivity index (χ2v) is 4.46. The normalized spacial score (nSPS) is 10.3. The molecule has 0 saturated heterocycles. The number of benzene rings is 1. The average Bonchev–Trinajstić information content (AvgIpc) is 2.72. The Morgan fingerprint density at radius 2 is 1.67 bits per heavy atom. The zero-order chi connectivity index (χ0) is 11.8. The van der Waals surface area contributed by atoms with Gasteiger partial charge in [0.1, 0.15) is 5.65 Å². The number of fused-ring (bicyclic) bond motifs is 1. The minimum absolute atomic E-state index is 0. The highest BCUT2D eigenvalue weighted by Gasteiger charge is 2.03. The minimum Gasteiger partial charge on any atom is -1.00 e. The molecule has 2 aromatic heterocycles. The third-order valence-corrected chi connectivity index (χ3v) is 2.96. The summed E-state index contributed by atoms with van der Waals surface area (Å²) in [5.74, 6) is 0. The van der Waals surface area contributed by atoms with Crippen LogP contribution in [0.3, 0.4) is 0 Å². The van der Waals surface area contributed by atoms with E-state index in [0.29, 0.717) is 0 Å². The highest BCUT2D eigenvalue weighted by molar-refractivity contribution is 5.63. The number of hydrogen-bond donors (Lipinski definition) is 0. The molecule has 0 radical (unpaired) electrons. The monoisotopic (exact) mass is 301 g/mol. The highest BCUT2D eigenvalue weighted by atomic mass is 79.9. The van der Waals surface area contributed by atoms with Gasteiger partial charge in [-0.05, 0) is 31.5 Å². The van der Waals surface area contributed by atoms with E-state index in [-0.39, 0.29) is 17.0 Å². The van der Waals surface area contributed by atoms with Crippen molar-refractivity contribution in [1.29, 1.82) is 0 Å². The largest absolute Gasteiger partial charge is 1.00 e. The van der Waals surface area contributed by atoms with Crippen molar-refractivity contribution in [3.8, 4) is 11.3 Å². The zero-order valence-corrected chi connectivity index (χ0v) is 12.0.